The molecule has 0 saturated heterocycles. The van der Waals surface area contributed by atoms with Crippen LogP contribution in [0.2, 0.25) is 0 Å². The van der Waals surface area contributed by atoms with Crippen molar-refractivity contribution < 1.29 is 9.18 Å². The Kier molecular flexibility index (Phi) is 1.81. The van der Waals surface area contributed by atoms with Gasteiger partial charge in [0.2, 0.25) is 5.91 Å². The van der Waals surface area contributed by atoms with Crippen LogP contribution >= 0.6 is 0 Å². The lowest BCUT2D eigenvalue weighted by molar-refractivity contribution is -0.126. The zero-order chi connectivity index (χ0) is 8.72. The fourth-order valence-electron chi connectivity index (χ4n) is 2.75. The van der Waals surface area contributed by atoms with E-state index in [9.17, 15) is 9.18 Å². The summed E-state index contributed by atoms with van der Waals surface area (Å²) in [7, 11) is 1.63. The topological polar surface area (TPSA) is 29.1 Å². The Morgan fingerprint density at radius 1 is 1.42 bits per heavy atom. The van der Waals surface area contributed by atoms with Crippen molar-refractivity contribution in [3.8, 4) is 0 Å². The van der Waals surface area contributed by atoms with Gasteiger partial charge in [-0.25, -0.2) is 4.39 Å². The summed E-state index contributed by atoms with van der Waals surface area (Å²) in [4.78, 5) is 11.3. The first-order valence-electron chi connectivity index (χ1n) is 4.58. The molecule has 2 saturated carbocycles. The van der Waals surface area contributed by atoms with E-state index < -0.39 is 6.17 Å². The molecule has 2 aliphatic carbocycles. The maximum atomic E-state index is 13.2. The average Bonchev–Trinajstić information content (AvgIpc) is 2.60. The highest BCUT2D eigenvalue weighted by atomic mass is 19.1. The second kappa shape index (κ2) is 2.71. The summed E-state index contributed by atoms with van der Waals surface area (Å²) in [6.45, 7) is 0. The highest BCUT2D eigenvalue weighted by Gasteiger charge is 2.49. The molecule has 68 valence electrons. The van der Waals surface area contributed by atoms with E-state index in [-0.39, 0.29) is 17.7 Å². The Bertz CT molecular complexity index is 207. The van der Waals surface area contributed by atoms with Crippen LogP contribution in [0.25, 0.3) is 0 Å². The second-order valence-corrected chi connectivity index (χ2v) is 3.97. The van der Waals surface area contributed by atoms with Crippen LogP contribution in [0.3, 0.4) is 0 Å². The minimum Gasteiger partial charge on any atom is -0.359 e. The van der Waals surface area contributed by atoms with Crippen molar-refractivity contribution in [3.05, 3.63) is 0 Å². The van der Waals surface area contributed by atoms with Gasteiger partial charge in [-0.2, -0.15) is 0 Å². The molecule has 2 rings (SSSR count). The molecule has 4 unspecified atom stereocenters. The van der Waals surface area contributed by atoms with Crippen molar-refractivity contribution in [1.29, 1.82) is 0 Å². The molecule has 0 spiro atoms. The number of amides is 1. The number of carbonyl (C=O) groups excluding carboxylic acids is 1. The van der Waals surface area contributed by atoms with Crippen LogP contribution in [0.15, 0.2) is 0 Å². The summed E-state index contributed by atoms with van der Waals surface area (Å²) in [5.74, 6) is 0.496. The van der Waals surface area contributed by atoms with Gasteiger partial charge in [-0.1, -0.05) is 0 Å². The molecule has 0 aromatic carbocycles. The molecule has 2 fully saturated rings. The fraction of sp³-hybridized carbons (Fsp3) is 0.889. The van der Waals surface area contributed by atoms with E-state index >= 15 is 0 Å². The molecular formula is C9H14FNO. The quantitative estimate of drug-likeness (QED) is 0.629. The molecule has 1 amide bonds. The van der Waals surface area contributed by atoms with E-state index in [2.05, 4.69) is 5.32 Å². The van der Waals surface area contributed by atoms with Crippen LogP contribution in [-0.4, -0.2) is 19.1 Å². The lowest BCUT2D eigenvalue weighted by atomic mass is 9.87. The number of halogens is 1. The van der Waals surface area contributed by atoms with Crippen LogP contribution in [0.5, 0.6) is 0 Å². The summed E-state index contributed by atoms with van der Waals surface area (Å²) in [5, 5.41) is 2.61. The predicted octanol–water partition coefficient (Wildman–Crippen LogP) is 1.12. The first-order chi connectivity index (χ1) is 5.72. The monoisotopic (exact) mass is 171 g/mol. The zero-order valence-corrected chi connectivity index (χ0v) is 7.22. The van der Waals surface area contributed by atoms with Crippen LogP contribution < -0.4 is 5.32 Å². The zero-order valence-electron chi connectivity index (χ0n) is 7.22. The summed E-state index contributed by atoms with van der Waals surface area (Å²) in [6, 6.07) is 0. The standard InChI is InChI=1S/C9H14FNO/c1-11-9(12)7-3-5-2-6(7)8(10)4-5/h5-8H,2-4H2,1H3,(H,11,12). The maximum Gasteiger partial charge on any atom is 0.223 e. The van der Waals surface area contributed by atoms with Crippen LogP contribution in [0.1, 0.15) is 19.3 Å². The minimum atomic E-state index is -0.717. The number of hydrogen-bond acceptors (Lipinski definition) is 1. The Balaban J connectivity index is 2.07. The minimum absolute atomic E-state index is 0.0231. The summed E-state index contributed by atoms with van der Waals surface area (Å²) < 4.78 is 13.2. The van der Waals surface area contributed by atoms with Gasteiger partial charge in [0.15, 0.2) is 0 Å². The Hall–Kier alpha value is -0.600. The first-order valence-corrected chi connectivity index (χ1v) is 4.58. The highest BCUT2D eigenvalue weighted by Crippen LogP contribution is 2.49. The predicted molar refractivity (Wildman–Crippen MR) is 43.3 cm³/mol. The van der Waals surface area contributed by atoms with Gasteiger partial charge in [-0.05, 0) is 25.2 Å². The summed E-state index contributed by atoms with van der Waals surface area (Å²) in [6.07, 6.45) is 1.81. The van der Waals surface area contributed by atoms with Crippen molar-refractivity contribution in [3.63, 3.8) is 0 Å². The van der Waals surface area contributed by atoms with Crippen molar-refractivity contribution >= 4 is 5.91 Å². The number of carbonyl (C=O) groups is 1. The molecule has 3 heteroatoms. The summed E-state index contributed by atoms with van der Waals surface area (Å²) in [5.41, 5.74) is 0. The largest absolute Gasteiger partial charge is 0.359 e. The van der Waals surface area contributed by atoms with Crippen molar-refractivity contribution in [1.82, 2.24) is 5.32 Å². The maximum absolute atomic E-state index is 13.2. The van der Waals surface area contributed by atoms with E-state index in [1.165, 1.54) is 0 Å². The molecule has 4 atom stereocenters. The third-order valence-electron chi connectivity index (χ3n) is 3.32. The second-order valence-electron chi connectivity index (χ2n) is 3.97. The number of fused-ring (bicyclic) bond motifs is 2. The van der Waals surface area contributed by atoms with E-state index in [1.54, 1.807) is 7.05 Å². The molecule has 12 heavy (non-hydrogen) atoms. The molecule has 0 radical (unpaired) electrons. The first kappa shape index (κ1) is 8.02. The lowest BCUT2D eigenvalue weighted by Gasteiger charge is -2.22. The Morgan fingerprint density at radius 3 is 2.67 bits per heavy atom. The lowest BCUT2D eigenvalue weighted by Crippen LogP contribution is -2.34. The molecule has 0 heterocycles. The third-order valence-corrected chi connectivity index (χ3v) is 3.32. The number of rotatable bonds is 1. The van der Waals surface area contributed by atoms with Gasteiger partial charge < -0.3 is 5.32 Å². The smallest absolute Gasteiger partial charge is 0.223 e. The number of alkyl halides is 1. The van der Waals surface area contributed by atoms with Crippen LogP contribution in [0.4, 0.5) is 4.39 Å². The molecule has 2 bridgehead atoms. The van der Waals surface area contributed by atoms with Crippen molar-refractivity contribution in [2.75, 3.05) is 7.05 Å². The van der Waals surface area contributed by atoms with Crippen LogP contribution in [-0.2, 0) is 4.79 Å². The van der Waals surface area contributed by atoms with E-state index in [0.717, 1.165) is 12.8 Å². The third kappa shape index (κ3) is 1.03. The Labute approximate surface area is 71.5 Å². The van der Waals surface area contributed by atoms with Gasteiger partial charge in [-0.15, -0.1) is 0 Å². The highest BCUT2D eigenvalue weighted by molar-refractivity contribution is 5.79. The van der Waals surface area contributed by atoms with Gasteiger partial charge >= 0.3 is 0 Å². The summed E-state index contributed by atoms with van der Waals surface area (Å²) >= 11 is 0. The fourth-order valence-corrected chi connectivity index (χ4v) is 2.75. The van der Waals surface area contributed by atoms with E-state index in [1.807, 2.05) is 0 Å². The number of nitrogens with one attached hydrogen (secondary N) is 1. The molecule has 2 nitrogen and oxygen atoms in total. The van der Waals surface area contributed by atoms with E-state index in [4.69, 9.17) is 0 Å². The van der Waals surface area contributed by atoms with Gasteiger partial charge in [0.25, 0.3) is 0 Å². The molecule has 1 N–H and O–H groups in total. The molecule has 0 aromatic heterocycles. The molecular weight excluding hydrogens is 157 g/mol. The normalized spacial score (nSPS) is 44.8. The van der Waals surface area contributed by atoms with Crippen molar-refractivity contribution in [2.24, 2.45) is 17.8 Å². The van der Waals surface area contributed by atoms with Gasteiger partial charge in [-0.3, -0.25) is 4.79 Å². The van der Waals surface area contributed by atoms with Crippen LogP contribution in [0, 0.1) is 17.8 Å². The van der Waals surface area contributed by atoms with Gasteiger partial charge in [0.1, 0.15) is 6.17 Å². The van der Waals surface area contributed by atoms with E-state index in [0.29, 0.717) is 12.3 Å². The SMILES string of the molecule is CNC(=O)C1CC2CC(F)C1C2. The van der Waals surface area contributed by atoms with Gasteiger partial charge in [0, 0.05) is 18.9 Å². The number of hydrogen-bond donors (Lipinski definition) is 1. The molecule has 2 aliphatic rings. The molecule has 0 aromatic rings. The molecule has 0 aliphatic heterocycles. The van der Waals surface area contributed by atoms with Crippen molar-refractivity contribution in [2.45, 2.75) is 25.4 Å². The Morgan fingerprint density at radius 2 is 2.17 bits per heavy atom. The van der Waals surface area contributed by atoms with Gasteiger partial charge in [0.05, 0.1) is 0 Å². The average molecular weight is 171 g/mol.